The lowest BCUT2D eigenvalue weighted by Gasteiger charge is -2.26. The highest BCUT2D eigenvalue weighted by Crippen LogP contribution is 2.47. The second-order valence-corrected chi connectivity index (χ2v) is 16.4. The van der Waals surface area contributed by atoms with Crippen LogP contribution in [0.4, 0.5) is 17.1 Å². The average molecular weight is 819 g/mol. The van der Waals surface area contributed by atoms with Crippen molar-refractivity contribution in [3.8, 4) is 39.1 Å². The third kappa shape index (κ3) is 5.70. The van der Waals surface area contributed by atoms with Crippen LogP contribution in [0.3, 0.4) is 0 Å². The van der Waals surface area contributed by atoms with Crippen LogP contribution in [0.5, 0.6) is 0 Å². The SMILES string of the molecule is c1ccc(-c2ccc(N(c3ccc(-c4cccc5c4oc4ccccc45)cc3)c3ccc(-c4cccc(-n5c6ccccc6c6ccccc65)c4)c4c3oc3ccccc34)cc2)cc1. The van der Waals surface area contributed by atoms with Gasteiger partial charge in [0.1, 0.15) is 16.7 Å². The summed E-state index contributed by atoms with van der Waals surface area (Å²) >= 11 is 0. The summed E-state index contributed by atoms with van der Waals surface area (Å²) in [4.78, 5) is 2.32. The van der Waals surface area contributed by atoms with Crippen LogP contribution >= 0.6 is 0 Å². The quantitative estimate of drug-likeness (QED) is 0.161. The van der Waals surface area contributed by atoms with Crippen LogP contribution in [-0.4, -0.2) is 4.57 Å². The van der Waals surface area contributed by atoms with Gasteiger partial charge in [0.2, 0.25) is 0 Å². The third-order valence-corrected chi connectivity index (χ3v) is 12.8. The first-order chi connectivity index (χ1) is 31.7. The molecule has 0 saturated heterocycles. The van der Waals surface area contributed by atoms with Crippen molar-refractivity contribution in [1.29, 1.82) is 0 Å². The van der Waals surface area contributed by atoms with Crippen molar-refractivity contribution in [2.75, 3.05) is 4.90 Å². The fourth-order valence-corrected chi connectivity index (χ4v) is 9.87. The van der Waals surface area contributed by atoms with Gasteiger partial charge < -0.3 is 18.3 Å². The minimum Gasteiger partial charge on any atom is -0.455 e. The Bertz CT molecular complexity index is 3840. The lowest BCUT2D eigenvalue weighted by atomic mass is 9.97. The van der Waals surface area contributed by atoms with Crippen molar-refractivity contribution in [3.63, 3.8) is 0 Å². The molecule has 3 aromatic heterocycles. The zero-order valence-corrected chi connectivity index (χ0v) is 34.7. The first-order valence-corrected chi connectivity index (χ1v) is 21.7. The highest BCUT2D eigenvalue weighted by atomic mass is 16.3. The van der Waals surface area contributed by atoms with Crippen molar-refractivity contribution >= 4 is 82.7 Å². The van der Waals surface area contributed by atoms with E-state index in [0.29, 0.717) is 0 Å². The molecule has 13 rings (SSSR count). The fourth-order valence-electron chi connectivity index (χ4n) is 9.87. The average Bonchev–Trinajstić information content (AvgIpc) is 4.05. The number of anilines is 3. The van der Waals surface area contributed by atoms with Gasteiger partial charge in [-0.1, -0.05) is 164 Å². The van der Waals surface area contributed by atoms with E-state index in [2.05, 4.69) is 222 Å². The van der Waals surface area contributed by atoms with Crippen LogP contribution < -0.4 is 4.90 Å². The summed E-state index contributed by atoms with van der Waals surface area (Å²) in [7, 11) is 0. The smallest absolute Gasteiger partial charge is 0.160 e. The normalized spacial score (nSPS) is 11.8. The minimum absolute atomic E-state index is 0.823. The van der Waals surface area contributed by atoms with Gasteiger partial charge in [0.05, 0.1) is 16.7 Å². The molecule has 300 valence electrons. The Hall–Kier alpha value is -8.60. The molecule has 13 aromatic rings. The molecule has 0 fully saturated rings. The number of fused-ring (bicyclic) bond motifs is 9. The van der Waals surface area contributed by atoms with Crippen molar-refractivity contribution in [1.82, 2.24) is 4.57 Å². The maximum absolute atomic E-state index is 6.99. The number of nitrogens with zero attached hydrogens (tertiary/aromatic N) is 2. The van der Waals surface area contributed by atoms with Gasteiger partial charge in [0.25, 0.3) is 0 Å². The van der Waals surface area contributed by atoms with E-state index < -0.39 is 0 Å². The molecule has 0 unspecified atom stereocenters. The number of hydrogen-bond acceptors (Lipinski definition) is 3. The first-order valence-electron chi connectivity index (χ1n) is 21.7. The molecule has 0 N–H and O–H groups in total. The van der Waals surface area contributed by atoms with Crippen LogP contribution in [0.1, 0.15) is 0 Å². The molecule has 0 bridgehead atoms. The predicted molar refractivity (Wildman–Crippen MR) is 266 cm³/mol. The number of benzene rings is 10. The summed E-state index contributed by atoms with van der Waals surface area (Å²) in [6.45, 7) is 0. The summed E-state index contributed by atoms with van der Waals surface area (Å²) in [5.41, 5.74) is 16.6. The molecule has 4 heteroatoms. The Kier molecular flexibility index (Phi) is 8.18. The number of furan rings is 2. The van der Waals surface area contributed by atoms with E-state index in [4.69, 9.17) is 8.83 Å². The lowest BCUT2D eigenvalue weighted by molar-refractivity contribution is 0.669. The van der Waals surface area contributed by atoms with E-state index in [1.807, 2.05) is 18.2 Å². The molecule has 0 radical (unpaired) electrons. The predicted octanol–water partition coefficient (Wildman–Crippen LogP) is 17.1. The van der Waals surface area contributed by atoms with Crippen LogP contribution in [0.15, 0.2) is 239 Å². The second-order valence-electron chi connectivity index (χ2n) is 16.4. The van der Waals surface area contributed by atoms with E-state index in [9.17, 15) is 0 Å². The maximum atomic E-state index is 6.99. The number of hydrogen-bond donors (Lipinski definition) is 0. The molecule has 0 amide bonds. The van der Waals surface area contributed by atoms with Crippen LogP contribution in [0.25, 0.3) is 105 Å². The molecule has 0 aliphatic heterocycles. The fraction of sp³-hybridized carbons (Fsp3) is 0. The molecule has 0 aliphatic rings. The Morgan fingerprint density at radius 1 is 0.328 bits per heavy atom. The van der Waals surface area contributed by atoms with Gasteiger partial charge in [0.15, 0.2) is 5.58 Å². The number of aromatic nitrogens is 1. The minimum atomic E-state index is 0.823. The van der Waals surface area contributed by atoms with E-state index in [1.165, 1.54) is 27.4 Å². The van der Waals surface area contributed by atoms with Crippen molar-refractivity contribution in [2.24, 2.45) is 0 Å². The molecule has 3 heterocycles. The number of rotatable bonds is 7. The summed E-state index contributed by atoms with van der Waals surface area (Å²) in [5.74, 6) is 0. The van der Waals surface area contributed by atoms with Crippen molar-refractivity contribution in [3.05, 3.63) is 231 Å². The van der Waals surface area contributed by atoms with E-state index >= 15 is 0 Å². The Labute approximate surface area is 369 Å². The molecule has 0 spiro atoms. The zero-order chi connectivity index (χ0) is 42.1. The van der Waals surface area contributed by atoms with Gasteiger partial charge in [-0.3, -0.25) is 0 Å². The summed E-state index contributed by atoms with van der Waals surface area (Å²) in [5, 5.41) is 6.88. The Morgan fingerprint density at radius 3 is 1.58 bits per heavy atom. The second kappa shape index (κ2) is 14.5. The topological polar surface area (TPSA) is 34.5 Å². The monoisotopic (exact) mass is 818 g/mol. The largest absolute Gasteiger partial charge is 0.455 e. The Morgan fingerprint density at radius 2 is 0.859 bits per heavy atom. The maximum Gasteiger partial charge on any atom is 0.160 e. The van der Waals surface area contributed by atoms with Crippen LogP contribution in [0.2, 0.25) is 0 Å². The highest BCUT2D eigenvalue weighted by Gasteiger charge is 2.23. The van der Waals surface area contributed by atoms with Gasteiger partial charge in [-0.05, 0) is 94.5 Å². The molecular formula is C60H38N2O2. The van der Waals surface area contributed by atoms with Crippen LogP contribution in [0, 0.1) is 0 Å². The highest BCUT2D eigenvalue weighted by molar-refractivity contribution is 6.17. The number of para-hydroxylation sites is 5. The van der Waals surface area contributed by atoms with Gasteiger partial charge in [-0.2, -0.15) is 0 Å². The molecule has 0 aliphatic carbocycles. The molecule has 10 aromatic carbocycles. The van der Waals surface area contributed by atoms with Crippen molar-refractivity contribution < 1.29 is 8.83 Å². The van der Waals surface area contributed by atoms with Gasteiger partial charge in [0, 0.05) is 54.9 Å². The third-order valence-electron chi connectivity index (χ3n) is 12.8. The van der Waals surface area contributed by atoms with E-state index in [-0.39, 0.29) is 0 Å². The zero-order valence-electron chi connectivity index (χ0n) is 34.7. The summed E-state index contributed by atoms with van der Waals surface area (Å²) in [6, 6.07) is 82.0. The van der Waals surface area contributed by atoms with Gasteiger partial charge in [-0.25, -0.2) is 0 Å². The van der Waals surface area contributed by atoms with Gasteiger partial charge in [-0.15, -0.1) is 0 Å². The first kappa shape index (κ1) is 36.1. The standard InChI is InChI=1S/C60H38N2O2/c1-2-14-39(15-3-1)40-28-32-43(33-29-40)61(44-34-30-41(31-35-44)47-22-13-23-51-50-20-6-10-26-56(50)63-59(47)51)55-37-36-46(58-52-21-7-11-27-57(52)64-60(55)58)42-16-12-17-45(38-42)62-53-24-8-4-18-48(53)49-19-5-9-25-54(49)62/h1-38H. The molecule has 0 atom stereocenters. The molecule has 0 saturated carbocycles. The summed E-state index contributed by atoms with van der Waals surface area (Å²) < 4.78 is 15.8. The van der Waals surface area contributed by atoms with Crippen LogP contribution in [-0.2, 0) is 0 Å². The Balaban J connectivity index is 0.989. The molecular weight excluding hydrogens is 781 g/mol. The van der Waals surface area contributed by atoms with Crippen molar-refractivity contribution in [2.45, 2.75) is 0 Å². The molecule has 4 nitrogen and oxygen atoms in total. The summed E-state index contributed by atoms with van der Waals surface area (Å²) in [6.07, 6.45) is 0. The van der Waals surface area contributed by atoms with E-state index in [0.717, 1.165) is 94.4 Å². The van der Waals surface area contributed by atoms with E-state index in [1.54, 1.807) is 0 Å². The van der Waals surface area contributed by atoms with Gasteiger partial charge >= 0.3 is 0 Å². The lowest BCUT2D eigenvalue weighted by Crippen LogP contribution is -2.10. The molecule has 64 heavy (non-hydrogen) atoms.